The zero-order valence-electron chi connectivity index (χ0n) is 19.7. The average Bonchev–Trinajstić information content (AvgIpc) is 3.50. The summed E-state index contributed by atoms with van der Waals surface area (Å²) < 4.78 is 3.90. The van der Waals surface area contributed by atoms with E-state index in [9.17, 15) is 0 Å². The molecule has 8 heteroatoms. The molecule has 2 aromatic heterocycles. The summed E-state index contributed by atoms with van der Waals surface area (Å²) in [5, 5.41) is 15.8. The van der Waals surface area contributed by atoms with E-state index in [-0.39, 0.29) is 24.0 Å². The molecule has 34 heavy (non-hydrogen) atoms. The Labute approximate surface area is 218 Å². The van der Waals surface area contributed by atoms with Gasteiger partial charge in [-0.05, 0) is 54.7 Å². The first-order valence-electron chi connectivity index (χ1n) is 11.3. The third-order valence-electron chi connectivity index (χ3n) is 5.62. The molecule has 0 amide bonds. The summed E-state index contributed by atoms with van der Waals surface area (Å²) in [5.74, 6) is 0.806. The van der Waals surface area contributed by atoms with E-state index in [1.807, 2.05) is 39.8 Å². The fraction of sp³-hybridized carbons (Fsp3) is 0.269. The number of guanidine groups is 1. The molecule has 2 heterocycles. The Morgan fingerprint density at radius 1 is 0.941 bits per heavy atom. The van der Waals surface area contributed by atoms with E-state index in [4.69, 9.17) is 0 Å². The van der Waals surface area contributed by atoms with Crippen molar-refractivity contribution in [3.8, 4) is 5.69 Å². The van der Waals surface area contributed by atoms with Crippen LogP contribution in [0.3, 0.4) is 0 Å². The van der Waals surface area contributed by atoms with Gasteiger partial charge in [-0.3, -0.25) is 9.67 Å². The molecule has 0 fully saturated rings. The molecule has 0 bridgehead atoms. The van der Waals surface area contributed by atoms with Gasteiger partial charge in [0, 0.05) is 38.7 Å². The van der Waals surface area contributed by atoms with Crippen LogP contribution < -0.4 is 10.6 Å². The first-order chi connectivity index (χ1) is 16.2. The molecule has 4 rings (SSSR count). The van der Waals surface area contributed by atoms with Crippen LogP contribution in [-0.2, 0) is 19.5 Å². The topological polar surface area (TPSA) is 72.1 Å². The minimum Gasteiger partial charge on any atom is -0.356 e. The van der Waals surface area contributed by atoms with Crippen molar-refractivity contribution in [2.75, 3.05) is 13.6 Å². The number of hydrogen-bond donors (Lipinski definition) is 2. The molecule has 4 aromatic rings. The fourth-order valence-electron chi connectivity index (χ4n) is 3.79. The van der Waals surface area contributed by atoms with Crippen molar-refractivity contribution >= 4 is 29.9 Å². The number of benzene rings is 2. The van der Waals surface area contributed by atoms with Gasteiger partial charge in [-0.1, -0.05) is 42.5 Å². The highest BCUT2D eigenvalue weighted by Gasteiger charge is 2.07. The third kappa shape index (κ3) is 6.93. The normalized spacial score (nSPS) is 11.2. The van der Waals surface area contributed by atoms with Crippen molar-refractivity contribution in [3.05, 3.63) is 102 Å². The summed E-state index contributed by atoms with van der Waals surface area (Å²) >= 11 is 0. The average molecular weight is 569 g/mol. The monoisotopic (exact) mass is 569 g/mol. The highest BCUT2D eigenvalue weighted by molar-refractivity contribution is 14.0. The lowest BCUT2D eigenvalue weighted by atomic mass is 10.1. The van der Waals surface area contributed by atoms with Gasteiger partial charge in [0.2, 0.25) is 0 Å². The first-order valence-corrected chi connectivity index (χ1v) is 11.3. The third-order valence-corrected chi connectivity index (χ3v) is 5.62. The Balaban J connectivity index is 0.00000324. The molecule has 7 nitrogen and oxygen atoms in total. The fourth-order valence-corrected chi connectivity index (χ4v) is 3.79. The quantitative estimate of drug-likeness (QED) is 0.136. The number of nitrogens with zero attached hydrogens (tertiary/aromatic N) is 5. The number of rotatable bonds is 9. The summed E-state index contributed by atoms with van der Waals surface area (Å²) in [7, 11) is 1.80. The highest BCUT2D eigenvalue weighted by Crippen LogP contribution is 2.13. The van der Waals surface area contributed by atoms with Crippen LogP contribution in [0.1, 0.15) is 28.8 Å². The Morgan fingerprint density at radius 3 is 2.44 bits per heavy atom. The van der Waals surface area contributed by atoms with E-state index in [0.717, 1.165) is 43.3 Å². The van der Waals surface area contributed by atoms with Crippen molar-refractivity contribution in [1.29, 1.82) is 0 Å². The summed E-state index contributed by atoms with van der Waals surface area (Å²) in [4.78, 5) is 4.37. The second kappa shape index (κ2) is 12.9. The molecule has 0 spiro atoms. The Morgan fingerprint density at radius 2 is 1.71 bits per heavy atom. The number of nitrogens with one attached hydrogen (secondary N) is 2. The molecule has 0 atom stereocenters. The van der Waals surface area contributed by atoms with Crippen LogP contribution in [0.4, 0.5) is 0 Å². The molecule has 0 saturated heterocycles. The van der Waals surface area contributed by atoms with Crippen LogP contribution in [0.2, 0.25) is 0 Å². The second-order valence-electron chi connectivity index (χ2n) is 7.95. The van der Waals surface area contributed by atoms with E-state index in [0.29, 0.717) is 6.54 Å². The second-order valence-corrected chi connectivity index (χ2v) is 7.95. The van der Waals surface area contributed by atoms with Gasteiger partial charge in [-0.25, -0.2) is 4.68 Å². The van der Waals surface area contributed by atoms with Crippen LogP contribution in [0, 0.1) is 6.92 Å². The van der Waals surface area contributed by atoms with E-state index in [1.54, 1.807) is 13.2 Å². The summed E-state index contributed by atoms with van der Waals surface area (Å²) in [6.07, 6.45) is 7.89. The standard InChI is InChI=1S/C26H31N7.HI/c1-21-23(20-33(31-21)25-13-4-3-5-14-25)12-8-15-28-26(27-2)29-18-22-10-6-7-11-24(22)19-32-17-9-16-30-32;/h3-7,9-11,13-14,16-17,20H,8,12,15,18-19H2,1-2H3,(H2,27,28,29);1H. The molecule has 0 unspecified atom stereocenters. The molecule has 0 aliphatic rings. The van der Waals surface area contributed by atoms with Crippen LogP contribution >= 0.6 is 24.0 Å². The van der Waals surface area contributed by atoms with Crippen molar-refractivity contribution in [1.82, 2.24) is 30.2 Å². The lowest BCUT2D eigenvalue weighted by Gasteiger charge is -2.14. The largest absolute Gasteiger partial charge is 0.356 e. The van der Waals surface area contributed by atoms with Gasteiger partial charge in [0.25, 0.3) is 0 Å². The molecule has 178 valence electrons. The number of aromatic nitrogens is 4. The first kappa shape index (κ1) is 25.5. The number of para-hydroxylation sites is 1. The van der Waals surface area contributed by atoms with Gasteiger partial charge in [-0.2, -0.15) is 10.2 Å². The van der Waals surface area contributed by atoms with Crippen molar-refractivity contribution in [2.24, 2.45) is 4.99 Å². The molecular weight excluding hydrogens is 537 g/mol. The molecule has 0 saturated carbocycles. The predicted octanol–water partition coefficient (Wildman–Crippen LogP) is 4.34. The predicted molar refractivity (Wildman–Crippen MR) is 148 cm³/mol. The Hall–Kier alpha value is -3.14. The summed E-state index contributed by atoms with van der Waals surface area (Å²) in [6, 6.07) is 20.6. The van der Waals surface area contributed by atoms with E-state index >= 15 is 0 Å². The van der Waals surface area contributed by atoms with Crippen LogP contribution in [-0.4, -0.2) is 39.1 Å². The Bertz CT molecular complexity index is 1170. The lowest BCUT2D eigenvalue weighted by Crippen LogP contribution is -2.37. The minimum atomic E-state index is 0. The molecule has 2 aromatic carbocycles. The van der Waals surface area contributed by atoms with Gasteiger partial charge in [0.15, 0.2) is 5.96 Å². The maximum absolute atomic E-state index is 4.66. The highest BCUT2D eigenvalue weighted by atomic mass is 127. The number of aliphatic imine (C=N–C) groups is 1. The van der Waals surface area contributed by atoms with Gasteiger partial charge in [0.1, 0.15) is 0 Å². The van der Waals surface area contributed by atoms with Crippen LogP contribution in [0.25, 0.3) is 5.69 Å². The smallest absolute Gasteiger partial charge is 0.191 e. The van der Waals surface area contributed by atoms with E-state index in [2.05, 4.69) is 75.3 Å². The summed E-state index contributed by atoms with van der Waals surface area (Å²) in [6.45, 7) is 4.38. The molecule has 0 aliphatic carbocycles. The van der Waals surface area contributed by atoms with E-state index < -0.39 is 0 Å². The molecule has 0 radical (unpaired) electrons. The maximum Gasteiger partial charge on any atom is 0.191 e. The van der Waals surface area contributed by atoms with Gasteiger partial charge >= 0.3 is 0 Å². The van der Waals surface area contributed by atoms with Gasteiger partial charge in [-0.15, -0.1) is 24.0 Å². The molecule has 2 N–H and O–H groups in total. The van der Waals surface area contributed by atoms with Crippen molar-refractivity contribution in [2.45, 2.75) is 32.9 Å². The Kier molecular flexibility index (Phi) is 9.69. The summed E-state index contributed by atoms with van der Waals surface area (Å²) in [5.41, 5.74) is 5.92. The lowest BCUT2D eigenvalue weighted by molar-refractivity contribution is 0.676. The number of aryl methyl sites for hydroxylation is 2. The van der Waals surface area contributed by atoms with Crippen LogP contribution in [0.15, 0.2) is 84.2 Å². The van der Waals surface area contributed by atoms with Crippen molar-refractivity contribution in [3.63, 3.8) is 0 Å². The van der Waals surface area contributed by atoms with Gasteiger partial charge < -0.3 is 10.6 Å². The van der Waals surface area contributed by atoms with Gasteiger partial charge in [0.05, 0.1) is 17.9 Å². The minimum absolute atomic E-state index is 0. The maximum atomic E-state index is 4.66. The SMILES string of the molecule is CN=C(NCCCc1cn(-c2ccccc2)nc1C)NCc1ccccc1Cn1cccn1.I. The zero-order valence-corrected chi connectivity index (χ0v) is 22.0. The van der Waals surface area contributed by atoms with Crippen LogP contribution in [0.5, 0.6) is 0 Å². The number of hydrogen-bond acceptors (Lipinski definition) is 3. The molecule has 0 aliphatic heterocycles. The number of halogens is 1. The zero-order chi connectivity index (χ0) is 22.9. The van der Waals surface area contributed by atoms with E-state index in [1.165, 1.54) is 16.7 Å². The molecular formula is C26H32IN7. The van der Waals surface area contributed by atoms with Crippen molar-refractivity contribution < 1.29 is 0 Å².